The number of Topliss-reactive ketones (excluding diaryl/α,β-unsaturated/α-hetero) is 1. The van der Waals surface area contributed by atoms with Gasteiger partial charge in [0.15, 0.2) is 5.78 Å². The highest BCUT2D eigenvalue weighted by Gasteiger charge is 2.13. The Morgan fingerprint density at radius 2 is 2.06 bits per heavy atom. The minimum absolute atomic E-state index is 0.0391. The largest absolute Gasteiger partial charge is 0.294 e. The van der Waals surface area contributed by atoms with Gasteiger partial charge < -0.3 is 0 Å². The van der Waals surface area contributed by atoms with Gasteiger partial charge in [-0.1, -0.05) is 0 Å². The van der Waals surface area contributed by atoms with E-state index in [1.165, 1.54) is 30.4 Å². The molecule has 2 aromatic rings. The summed E-state index contributed by atoms with van der Waals surface area (Å²) in [5.41, 5.74) is 2.34. The molecule has 82 valence electrons. The molecule has 0 aliphatic rings. The second kappa shape index (κ2) is 4.18. The first kappa shape index (κ1) is 11.0. The maximum Gasteiger partial charge on any atom is 0.160 e. The Morgan fingerprint density at radius 3 is 2.62 bits per heavy atom. The molecular weight excluding hydrogens is 223 g/mol. The van der Waals surface area contributed by atoms with E-state index in [2.05, 4.69) is 0 Å². The Bertz CT molecular complexity index is 543. The van der Waals surface area contributed by atoms with Gasteiger partial charge in [-0.25, -0.2) is 4.39 Å². The molecule has 0 amide bonds. The van der Waals surface area contributed by atoms with Crippen LogP contribution in [0.1, 0.15) is 22.8 Å². The molecule has 0 radical (unpaired) electrons. The van der Waals surface area contributed by atoms with Crippen molar-refractivity contribution in [1.29, 1.82) is 0 Å². The van der Waals surface area contributed by atoms with Gasteiger partial charge in [-0.05, 0) is 49.1 Å². The highest BCUT2D eigenvalue weighted by Crippen LogP contribution is 2.32. The number of hydrogen-bond donors (Lipinski definition) is 0. The molecule has 3 heteroatoms. The molecule has 16 heavy (non-hydrogen) atoms. The van der Waals surface area contributed by atoms with Gasteiger partial charge in [-0.2, -0.15) is 0 Å². The Hall–Kier alpha value is -1.48. The number of carbonyl (C=O) groups is 1. The van der Waals surface area contributed by atoms with Gasteiger partial charge in [0.1, 0.15) is 5.82 Å². The molecule has 0 bridgehead atoms. The number of rotatable bonds is 2. The fourth-order valence-electron chi connectivity index (χ4n) is 1.66. The summed E-state index contributed by atoms with van der Waals surface area (Å²) in [5.74, 6) is -0.351. The zero-order valence-electron chi connectivity index (χ0n) is 9.08. The summed E-state index contributed by atoms with van der Waals surface area (Å²) in [5, 5.41) is 1.94. The van der Waals surface area contributed by atoms with Crippen molar-refractivity contribution >= 4 is 17.1 Å². The highest BCUT2D eigenvalue weighted by atomic mass is 32.1. The summed E-state index contributed by atoms with van der Waals surface area (Å²) >= 11 is 1.52. The normalized spacial score (nSPS) is 10.4. The third kappa shape index (κ3) is 1.91. The van der Waals surface area contributed by atoms with Crippen molar-refractivity contribution in [2.45, 2.75) is 13.8 Å². The van der Waals surface area contributed by atoms with E-state index < -0.39 is 0 Å². The van der Waals surface area contributed by atoms with Gasteiger partial charge in [-0.15, -0.1) is 11.3 Å². The number of halogens is 1. The Kier molecular flexibility index (Phi) is 2.88. The molecule has 0 N–H and O–H groups in total. The molecule has 0 saturated heterocycles. The van der Waals surface area contributed by atoms with E-state index in [4.69, 9.17) is 0 Å². The first-order valence-corrected chi connectivity index (χ1v) is 5.82. The number of hydrogen-bond acceptors (Lipinski definition) is 2. The average molecular weight is 234 g/mol. The molecule has 1 heterocycles. The lowest BCUT2D eigenvalue weighted by molar-refractivity contribution is 0.101. The van der Waals surface area contributed by atoms with Crippen LogP contribution in [-0.2, 0) is 0 Å². The lowest BCUT2D eigenvalue weighted by atomic mass is 10.0. The van der Waals surface area contributed by atoms with E-state index in [9.17, 15) is 9.18 Å². The summed E-state index contributed by atoms with van der Waals surface area (Å²) in [6.45, 7) is 3.46. The molecule has 1 aromatic heterocycles. The zero-order chi connectivity index (χ0) is 11.7. The van der Waals surface area contributed by atoms with Crippen LogP contribution in [0.15, 0.2) is 29.6 Å². The molecule has 1 nitrogen and oxygen atoms in total. The van der Waals surface area contributed by atoms with Gasteiger partial charge in [-0.3, -0.25) is 4.79 Å². The van der Waals surface area contributed by atoms with Crippen molar-refractivity contribution in [2.75, 3.05) is 0 Å². The van der Waals surface area contributed by atoms with Crippen LogP contribution in [0.2, 0.25) is 0 Å². The second-order valence-corrected chi connectivity index (χ2v) is 4.59. The Morgan fingerprint density at radius 1 is 1.31 bits per heavy atom. The number of carbonyl (C=O) groups excluding carboxylic acids is 1. The summed E-state index contributed by atoms with van der Waals surface area (Å²) in [7, 11) is 0. The lowest BCUT2D eigenvalue weighted by Crippen LogP contribution is -1.96. The van der Waals surface area contributed by atoms with Crippen LogP contribution in [0, 0.1) is 12.7 Å². The van der Waals surface area contributed by atoms with E-state index in [-0.39, 0.29) is 11.6 Å². The molecule has 0 aliphatic carbocycles. The fourth-order valence-corrected chi connectivity index (χ4v) is 2.62. The van der Waals surface area contributed by atoms with Crippen LogP contribution in [0.3, 0.4) is 0 Å². The first-order valence-electron chi connectivity index (χ1n) is 4.94. The van der Waals surface area contributed by atoms with Crippen molar-refractivity contribution in [3.63, 3.8) is 0 Å². The van der Waals surface area contributed by atoms with Crippen molar-refractivity contribution in [3.05, 3.63) is 46.6 Å². The topological polar surface area (TPSA) is 17.1 Å². The number of aryl methyl sites for hydroxylation is 1. The van der Waals surface area contributed by atoms with Crippen LogP contribution in [0.25, 0.3) is 10.4 Å². The molecule has 0 aliphatic heterocycles. The zero-order valence-corrected chi connectivity index (χ0v) is 9.90. The average Bonchev–Trinajstić information content (AvgIpc) is 2.63. The van der Waals surface area contributed by atoms with Gasteiger partial charge in [0.2, 0.25) is 0 Å². The van der Waals surface area contributed by atoms with Crippen LogP contribution in [0.5, 0.6) is 0 Å². The van der Waals surface area contributed by atoms with Crippen LogP contribution in [0.4, 0.5) is 4.39 Å². The number of thiophene rings is 1. The number of benzene rings is 1. The van der Waals surface area contributed by atoms with Crippen molar-refractivity contribution < 1.29 is 9.18 Å². The summed E-state index contributed by atoms with van der Waals surface area (Å²) in [6.07, 6.45) is 0. The molecule has 0 fully saturated rings. The first-order chi connectivity index (χ1) is 7.59. The molecule has 1 aromatic carbocycles. The minimum Gasteiger partial charge on any atom is -0.294 e. The summed E-state index contributed by atoms with van der Waals surface area (Å²) in [6, 6.07) is 6.26. The van der Waals surface area contributed by atoms with Crippen molar-refractivity contribution in [1.82, 2.24) is 0 Å². The summed E-state index contributed by atoms with van der Waals surface area (Å²) < 4.78 is 13.2. The van der Waals surface area contributed by atoms with E-state index >= 15 is 0 Å². The molecule has 0 spiro atoms. The van der Waals surface area contributed by atoms with E-state index in [0.717, 1.165) is 10.4 Å². The number of ketones is 1. The fraction of sp³-hybridized carbons (Fsp3) is 0.154. The quantitative estimate of drug-likeness (QED) is 0.716. The smallest absolute Gasteiger partial charge is 0.160 e. The molecule has 0 atom stereocenters. The van der Waals surface area contributed by atoms with E-state index in [1.807, 2.05) is 18.4 Å². The third-order valence-electron chi connectivity index (χ3n) is 2.47. The van der Waals surface area contributed by atoms with Crippen molar-refractivity contribution in [3.8, 4) is 10.4 Å². The van der Waals surface area contributed by atoms with Crippen LogP contribution < -0.4 is 0 Å². The van der Waals surface area contributed by atoms with Crippen LogP contribution in [-0.4, -0.2) is 5.78 Å². The van der Waals surface area contributed by atoms with Gasteiger partial charge >= 0.3 is 0 Å². The molecular formula is C13H11FOS. The maximum atomic E-state index is 13.2. The van der Waals surface area contributed by atoms with Gasteiger partial charge in [0.25, 0.3) is 0 Å². The lowest BCUT2D eigenvalue weighted by Gasteiger charge is -2.06. The highest BCUT2D eigenvalue weighted by molar-refractivity contribution is 7.13. The molecule has 0 saturated carbocycles. The van der Waals surface area contributed by atoms with E-state index in [1.54, 1.807) is 6.07 Å². The van der Waals surface area contributed by atoms with Gasteiger partial charge in [0.05, 0.1) is 0 Å². The van der Waals surface area contributed by atoms with Crippen molar-refractivity contribution in [2.24, 2.45) is 0 Å². The maximum absolute atomic E-state index is 13.2. The third-order valence-corrected chi connectivity index (χ3v) is 3.52. The second-order valence-electron chi connectivity index (χ2n) is 3.68. The molecule has 0 unspecified atom stereocenters. The SMILES string of the molecule is CC(=O)c1ccc(F)cc1-c1sccc1C. The predicted octanol–water partition coefficient (Wildman–Crippen LogP) is 4.07. The van der Waals surface area contributed by atoms with E-state index in [0.29, 0.717) is 11.1 Å². The summed E-state index contributed by atoms with van der Waals surface area (Å²) in [4.78, 5) is 12.4. The van der Waals surface area contributed by atoms with Gasteiger partial charge in [0, 0.05) is 16.0 Å². The van der Waals surface area contributed by atoms with Crippen LogP contribution >= 0.6 is 11.3 Å². The standard InChI is InChI=1S/C13H11FOS/c1-8-5-6-16-13(8)12-7-10(14)3-4-11(12)9(2)15/h3-7H,1-2H3. The Balaban J connectivity index is 2.67. The molecule has 2 rings (SSSR count). The monoisotopic (exact) mass is 234 g/mol. The predicted molar refractivity (Wildman–Crippen MR) is 64.5 cm³/mol. The minimum atomic E-state index is -0.312. The Labute approximate surface area is 97.6 Å².